The van der Waals surface area contributed by atoms with Crippen LogP contribution in [0.2, 0.25) is 0 Å². The smallest absolute Gasteiger partial charge is 0.280 e. The van der Waals surface area contributed by atoms with E-state index < -0.39 is 0 Å². The molecular weight excluding hydrogens is 398 g/mol. The predicted molar refractivity (Wildman–Crippen MR) is 123 cm³/mol. The summed E-state index contributed by atoms with van der Waals surface area (Å²) in [5.41, 5.74) is 1.24. The lowest BCUT2D eigenvalue weighted by Gasteiger charge is -2.24. The van der Waals surface area contributed by atoms with Crippen LogP contribution in [0.15, 0.2) is 30.5 Å². The largest absolute Gasteiger partial charge is 0.492 e. The van der Waals surface area contributed by atoms with E-state index in [-0.39, 0.29) is 11.9 Å². The third kappa shape index (κ3) is 4.82. The molecule has 1 aromatic carbocycles. The third-order valence-electron chi connectivity index (χ3n) is 5.04. The van der Waals surface area contributed by atoms with Crippen LogP contribution in [-0.4, -0.2) is 58.4 Å². The first kappa shape index (κ1) is 22.2. The Morgan fingerprint density at radius 1 is 1.17 bits per heavy atom. The van der Waals surface area contributed by atoms with E-state index in [1.165, 1.54) is 11.3 Å². The van der Waals surface area contributed by atoms with Gasteiger partial charge in [-0.2, -0.15) is 5.10 Å². The summed E-state index contributed by atoms with van der Waals surface area (Å²) in [5.74, 6) is 0.622. The van der Waals surface area contributed by atoms with Gasteiger partial charge in [0.2, 0.25) is 0 Å². The molecule has 7 nitrogen and oxygen atoms in total. The fourth-order valence-electron chi connectivity index (χ4n) is 3.24. The van der Waals surface area contributed by atoms with Crippen LogP contribution in [0.4, 0.5) is 5.13 Å². The van der Waals surface area contributed by atoms with Crippen molar-refractivity contribution in [1.82, 2.24) is 19.7 Å². The molecule has 3 aromatic rings. The Bertz CT molecular complexity index is 977. The molecule has 0 radical (unpaired) electrons. The van der Waals surface area contributed by atoms with Crippen LogP contribution in [0.25, 0.3) is 10.2 Å². The fraction of sp³-hybridized carbons (Fsp3) is 0.500. The summed E-state index contributed by atoms with van der Waals surface area (Å²) < 4.78 is 8.55. The van der Waals surface area contributed by atoms with Crippen LogP contribution >= 0.6 is 11.3 Å². The molecule has 0 N–H and O–H groups in total. The molecule has 0 unspecified atom stereocenters. The van der Waals surface area contributed by atoms with Gasteiger partial charge >= 0.3 is 0 Å². The van der Waals surface area contributed by atoms with E-state index in [2.05, 4.69) is 23.8 Å². The van der Waals surface area contributed by atoms with Crippen LogP contribution in [0.3, 0.4) is 0 Å². The number of amides is 1. The number of fused-ring (bicyclic) bond motifs is 1. The molecule has 3 rings (SSSR count). The monoisotopic (exact) mass is 429 g/mol. The number of hydrogen-bond acceptors (Lipinski definition) is 6. The molecule has 2 aromatic heterocycles. The molecule has 30 heavy (non-hydrogen) atoms. The highest BCUT2D eigenvalue weighted by Crippen LogP contribution is 2.34. The molecular formula is C22H31N5O2S. The highest BCUT2D eigenvalue weighted by atomic mass is 32.1. The van der Waals surface area contributed by atoms with Gasteiger partial charge in [0.25, 0.3) is 5.91 Å². The van der Waals surface area contributed by atoms with E-state index >= 15 is 0 Å². The molecule has 2 heterocycles. The lowest BCUT2D eigenvalue weighted by atomic mass is 10.3. The highest BCUT2D eigenvalue weighted by Gasteiger charge is 2.24. The maximum atomic E-state index is 13.4. The number of carbonyl (C=O) groups excluding carboxylic acids is 1. The topological polar surface area (TPSA) is 63.5 Å². The summed E-state index contributed by atoms with van der Waals surface area (Å²) >= 11 is 1.51. The van der Waals surface area contributed by atoms with Crippen molar-refractivity contribution in [3.63, 3.8) is 0 Å². The number of likely N-dealkylation sites (N-methyl/N-ethyl adjacent to an activating group) is 1. The Morgan fingerprint density at radius 2 is 1.93 bits per heavy atom. The minimum absolute atomic E-state index is 0.126. The van der Waals surface area contributed by atoms with Crippen molar-refractivity contribution in [3.8, 4) is 5.75 Å². The second-order valence-corrected chi connectivity index (χ2v) is 8.30. The first-order chi connectivity index (χ1) is 14.5. The second-order valence-electron chi connectivity index (χ2n) is 7.29. The average molecular weight is 430 g/mol. The summed E-state index contributed by atoms with van der Waals surface area (Å²) in [6, 6.07) is 7.88. The van der Waals surface area contributed by atoms with Gasteiger partial charge in [-0.1, -0.05) is 31.3 Å². The summed E-state index contributed by atoms with van der Waals surface area (Å²) in [4.78, 5) is 22.3. The van der Waals surface area contributed by atoms with E-state index in [1.54, 1.807) is 15.6 Å². The van der Waals surface area contributed by atoms with E-state index in [0.717, 1.165) is 35.6 Å². The molecule has 0 aliphatic rings. The molecule has 1 amide bonds. The van der Waals surface area contributed by atoms with E-state index in [4.69, 9.17) is 9.72 Å². The summed E-state index contributed by atoms with van der Waals surface area (Å²) in [6.07, 6.45) is 1.85. The molecule has 0 saturated heterocycles. The lowest BCUT2D eigenvalue weighted by molar-refractivity contribution is 0.0978. The molecule has 0 spiro atoms. The Labute approximate surface area is 182 Å². The van der Waals surface area contributed by atoms with Crippen molar-refractivity contribution in [2.24, 2.45) is 0 Å². The van der Waals surface area contributed by atoms with Gasteiger partial charge in [0.1, 0.15) is 11.3 Å². The van der Waals surface area contributed by atoms with Crippen LogP contribution < -0.4 is 9.64 Å². The van der Waals surface area contributed by atoms with Gasteiger partial charge in [-0.05, 0) is 52.1 Å². The predicted octanol–water partition coefficient (Wildman–Crippen LogP) is 4.46. The number of thiazole rings is 1. The van der Waals surface area contributed by atoms with Gasteiger partial charge in [-0.15, -0.1) is 0 Å². The number of aromatic nitrogens is 3. The zero-order valence-electron chi connectivity index (χ0n) is 18.5. The molecule has 0 aliphatic heterocycles. The third-order valence-corrected chi connectivity index (χ3v) is 6.08. The van der Waals surface area contributed by atoms with Crippen LogP contribution in [0.1, 0.15) is 51.1 Å². The number of nitrogens with zero attached hydrogens (tertiary/aromatic N) is 5. The first-order valence-corrected chi connectivity index (χ1v) is 11.4. The van der Waals surface area contributed by atoms with Crippen molar-refractivity contribution >= 4 is 32.6 Å². The average Bonchev–Trinajstić information content (AvgIpc) is 3.39. The van der Waals surface area contributed by atoms with Crippen molar-refractivity contribution in [2.75, 3.05) is 37.7 Å². The molecule has 0 bridgehead atoms. The Morgan fingerprint density at radius 3 is 2.57 bits per heavy atom. The number of para-hydroxylation sites is 1. The van der Waals surface area contributed by atoms with E-state index in [9.17, 15) is 4.79 Å². The lowest BCUT2D eigenvalue weighted by Crippen LogP contribution is -2.39. The highest BCUT2D eigenvalue weighted by molar-refractivity contribution is 7.22. The number of carbonyl (C=O) groups is 1. The van der Waals surface area contributed by atoms with Crippen LogP contribution in [0.5, 0.6) is 5.75 Å². The Hall–Kier alpha value is -2.45. The number of benzene rings is 1. The summed E-state index contributed by atoms with van der Waals surface area (Å²) in [6.45, 7) is 14.1. The van der Waals surface area contributed by atoms with Gasteiger partial charge in [0.15, 0.2) is 10.8 Å². The van der Waals surface area contributed by atoms with Gasteiger partial charge in [-0.3, -0.25) is 14.4 Å². The van der Waals surface area contributed by atoms with Gasteiger partial charge in [0, 0.05) is 25.3 Å². The second kappa shape index (κ2) is 10.0. The SMILES string of the molecule is CCOc1cccc2sc(N(CCN(CC)CC)C(=O)c3ccn(C(C)C)n3)nc12. The van der Waals surface area contributed by atoms with Gasteiger partial charge in [0.05, 0.1) is 11.3 Å². The fourth-order valence-corrected chi connectivity index (χ4v) is 4.25. The zero-order chi connectivity index (χ0) is 21.7. The number of rotatable bonds is 10. The molecule has 0 saturated carbocycles. The number of anilines is 1. The molecule has 162 valence electrons. The number of hydrogen-bond donors (Lipinski definition) is 0. The van der Waals surface area contributed by atoms with Crippen molar-refractivity contribution in [2.45, 2.75) is 40.7 Å². The molecule has 8 heteroatoms. The quantitative estimate of drug-likeness (QED) is 0.476. The normalized spacial score (nSPS) is 11.6. The van der Waals surface area contributed by atoms with E-state index in [1.807, 2.05) is 45.2 Å². The molecule has 0 aliphatic carbocycles. The Kier molecular flexibility index (Phi) is 7.44. The molecule has 0 fully saturated rings. The standard InChI is InChI=1S/C22H31N5O2S/c1-6-25(7-2)14-15-26(21(28)17-12-13-27(24-17)16(4)5)22-23-20-18(29-8-3)10-9-11-19(20)30-22/h9-13,16H,6-8,14-15H2,1-5H3. The maximum Gasteiger partial charge on any atom is 0.280 e. The Balaban J connectivity index is 1.97. The maximum absolute atomic E-state index is 13.4. The van der Waals surface area contributed by atoms with Gasteiger partial charge in [-0.25, -0.2) is 4.98 Å². The van der Waals surface area contributed by atoms with Crippen molar-refractivity contribution < 1.29 is 9.53 Å². The van der Waals surface area contributed by atoms with Crippen LogP contribution in [0, 0.1) is 0 Å². The van der Waals surface area contributed by atoms with Crippen LogP contribution in [-0.2, 0) is 0 Å². The number of ether oxygens (including phenoxy) is 1. The van der Waals surface area contributed by atoms with Crippen molar-refractivity contribution in [1.29, 1.82) is 0 Å². The van der Waals surface area contributed by atoms with Gasteiger partial charge < -0.3 is 9.64 Å². The van der Waals surface area contributed by atoms with Crippen molar-refractivity contribution in [3.05, 3.63) is 36.2 Å². The molecule has 0 atom stereocenters. The minimum Gasteiger partial charge on any atom is -0.492 e. The zero-order valence-corrected chi connectivity index (χ0v) is 19.3. The summed E-state index contributed by atoms with van der Waals surface area (Å²) in [7, 11) is 0. The minimum atomic E-state index is -0.126. The summed E-state index contributed by atoms with van der Waals surface area (Å²) in [5, 5.41) is 5.16. The van der Waals surface area contributed by atoms with E-state index in [0.29, 0.717) is 24.0 Å². The first-order valence-electron chi connectivity index (χ1n) is 10.6.